The molecule has 0 bridgehead atoms. The minimum absolute atomic E-state index is 0.115. The molecule has 0 unspecified atom stereocenters. The van der Waals surface area contributed by atoms with Crippen molar-refractivity contribution in [1.82, 2.24) is 4.98 Å². The topological polar surface area (TPSA) is 65.2 Å². The number of aromatic nitrogens is 1. The maximum Gasteiger partial charge on any atom is 0.310 e. The zero-order valence-electron chi connectivity index (χ0n) is 9.75. The summed E-state index contributed by atoms with van der Waals surface area (Å²) in [5.74, 6) is -1.53. The lowest BCUT2D eigenvalue weighted by Crippen LogP contribution is -2.16. The van der Waals surface area contributed by atoms with Gasteiger partial charge in [0, 0.05) is 12.1 Å². The molecule has 0 atom stereocenters. The first-order valence-electron chi connectivity index (χ1n) is 5.31. The van der Waals surface area contributed by atoms with Gasteiger partial charge in [-0.25, -0.2) is 13.2 Å². The molecule has 0 saturated carbocycles. The molecule has 0 saturated heterocycles. The van der Waals surface area contributed by atoms with Crippen LogP contribution in [-0.2, 0) is 22.5 Å². The average Bonchev–Trinajstić information content (AvgIpc) is 2.29. The summed E-state index contributed by atoms with van der Waals surface area (Å²) < 4.78 is 43.5. The Morgan fingerprint density at radius 3 is 2.67 bits per heavy atom. The molecule has 1 aromatic rings. The third kappa shape index (κ3) is 3.19. The fourth-order valence-corrected chi connectivity index (χ4v) is 1.54. The third-order valence-electron chi connectivity index (χ3n) is 2.32. The van der Waals surface area contributed by atoms with Crippen molar-refractivity contribution in [3.05, 3.63) is 28.8 Å². The van der Waals surface area contributed by atoms with E-state index in [9.17, 15) is 18.0 Å². The number of nitrogens with two attached hydrogens (primary N) is 1. The third-order valence-corrected chi connectivity index (χ3v) is 2.32. The highest BCUT2D eigenvalue weighted by Gasteiger charge is 2.22. The first kappa shape index (κ1) is 14.4. The standard InChI is InChI=1S/C11H13F3N2O2/c1-2-18-9(17)3-6-7(4-15)8(12)5-16-10(6)11(13)14/h5,11H,2-4,15H2,1H3. The molecule has 0 aliphatic carbocycles. The second kappa shape index (κ2) is 6.34. The molecule has 0 aliphatic heterocycles. The predicted octanol–water partition coefficient (Wildman–Crippen LogP) is 1.72. The smallest absolute Gasteiger partial charge is 0.310 e. The molecule has 0 spiro atoms. The van der Waals surface area contributed by atoms with Crippen LogP contribution in [0.5, 0.6) is 0 Å². The fourth-order valence-electron chi connectivity index (χ4n) is 1.54. The zero-order chi connectivity index (χ0) is 13.7. The van der Waals surface area contributed by atoms with Crippen molar-refractivity contribution in [2.45, 2.75) is 26.3 Å². The van der Waals surface area contributed by atoms with Crippen LogP contribution in [0.15, 0.2) is 6.20 Å². The molecule has 0 fully saturated rings. The number of nitrogens with zero attached hydrogens (tertiary/aromatic N) is 1. The number of carbonyl (C=O) groups is 1. The van der Waals surface area contributed by atoms with E-state index in [-0.39, 0.29) is 24.3 Å². The summed E-state index contributed by atoms with van der Waals surface area (Å²) in [6.45, 7) is 1.41. The van der Waals surface area contributed by atoms with E-state index in [0.717, 1.165) is 0 Å². The molecular formula is C11H13F3N2O2. The van der Waals surface area contributed by atoms with Crippen LogP contribution in [0.3, 0.4) is 0 Å². The van der Waals surface area contributed by atoms with Crippen LogP contribution in [0.25, 0.3) is 0 Å². The highest BCUT2D eigenvalue weighted by molar-refractivity contribution is 5.73. The maximum absolute atomic E-state index is 13.4. The molecule has 2 N–H and O–H groups in total. The van der Waals surface area contributed by atoms with Crippen molar-refractivity contribution in [1.29, 1.82) is 0 Å². The summed E-state index contributed by atoms with van der Waals surface area (Å²) >= 11 is 0. The van der Waals surface area contributed by atoms with Crippen molar-refractivity contribution >= 4 is 5.97 Å². The number of hydrogen-bond acceptors (Lipinski definition) is 4. The number of esters is 1. The van der Waals surface area contributed by atoms with Crippen molar-refractivity contribution in [3.63, 3.8) is 0 Å². The summed E-state index contributed by atoms with van der Waals surface area (Å²) in [6.07, 6.45) is -2.69. The van der Waals surface area contributed by atoms with E-state index in [1.807, 2.05) is 0 Å². The monoisotopic (exact) mass is 262 g/mol. The molecule has 0 radical (unpaired) electrons. The lowest BCUT2D eigenvalue weighted by Gasteiger charge is -2.12. The van der Waals surface area contributed by atoms with E-state index in [1.54, 1.807) is 6.92 Å². The number of hydrogen-bond donors (Lipinski definition) is 1. The second-order valence-corrected chi connectivity index (χ2v) is 3.44. The normalized spacial score (nSPS) is 10.8. The summed E-state index contributed by atoms with van der Waals surface area (Å²) in [5, 5.41) is 0. The fraction of sp³-hybridized carbons (Fsp3) is 0.455. The summed E-state index contributed by atoms with van der Waals surface area (Å²) in [4.78, 5) is 14.6. The Bertz CT molecular complexity index is 439. The molecule has 7 heteroatoms. The molecule has 18 heavy (non-hydrogen) atoms. The molecule has 1 aromatic heterocycles. The number of rotatable bonds is 5. The Hall–Kier alpha value is -1.63. The summed E-state index contributed by atoms with van der Waals surface area (Å²) in [6, 6.07) is 0. The van der Waals surface area contributed by atoms with Gasteiger partial charge in [-0.05, 0) is 12.5 Å². The first-order valence-corrected chi connectivity index (χ1v) is 5.31. The number of alkyl halides is 2. The van der Waals surface area contributed by atoms with Gasteiger partial charge in [-0.1, -0.05) is 0 Å². The van der Waals surface area contributed by atoms with Gasteiger partial charge >= 0.3 is 5.97 Å². The van der Waals surface area contributed by atoms with E-state index in [0.29, 0.717) is 6.20 Å². The van der Waals surface area contributed by atoms with E-state index < -0.39 is 30.3 Å². The minimum Gasteiger partial charge on any atom is -0.466 e. The van der Waals surface area contributed by atoms with E-state index in [4.69, 9.17) is 5.73 Å². The predicted molar refractivity (Wildman–Crippen MR) is 57.4 cm³/mol. The van der Waals surface area contributed by atoms with Crippen molar-refractivity contribution < 1.29 is 22.7 Å². The highest BCUT2D eigenvalue weighted by atomic mass is 19.3. The molecule has 0 amide bonds. The van der Waals surface area contributed by atoms with Gasteiger partial charge in [-0.3, -0.25) is 9.78 Å². The molecule has 100 valence electrons. The van der Waals surface area contributed by atoms with Gasteiger partial charge in [0.2, 0.25) is 0 Å². The van der Waals surface area contributed by atoms with Crippen LogP contribution in [0.4, 0.5) is 13.2 Å². The highest BCUT2D eigenvalue weighted by Crippen LogP contribution is 2.25. The van der Waals surface area contributed by atoms with Crippen molar-refractivity contribution in [2.75, 3.05) is 6.61 Å². The number of carbonyl (C=O) groups excluding carboxylic acids is 1. The number of ether oxygens (including phenoxy) is 1. The molecule has 0 aromatic carbocycles. The van der Waals surface area contributed by atoms with Gasteiger partial charge < -0.3 is 10.5 Å². The lowest BCUT2D eigenvalue weighted by atomic mass is 10.0. The Kier molecular flexibility index (Phi) is 5.08. The van der Waals surface area contributed by atoms with Gasteiger partial charge in [0.25, 0.3) is 6.43 Å². The first-order chi connectivity index (χ1) is 8.51. The van der Waals surface area contributed by atoms with Crippen LogP contribution in [0.1, 0.15) is 30.2 Å². The Labute approximate surface area is 102 Å². The van der Waals surface area contributed by atoms with Crippen LogP contribution in [0, 0.1) is 5.82 Å². The van der Waals surface area contributed by atoms with Gasteiger partial charge in [0.1, 0.15) is 11.5 Å². The number of pyridine rings is 1. The Balaban J connectivity index is 3.19. The van der Waals surface area contributed by atoms with Crippen LogP contribution >= 0.6 is 0 Å². The zero-order valence-corrected chi connectivity index (χ0v) is 9.75. The van der Waals surface area contributed by atoms with Crippen LogP contribution in [0.2, 0.25) is 0 Å². The summed E-state index contributed by atoms with van der Waals surface area (Å²) in [7, 11) is 0. The second-order valence-electron chi connectivity index (χ2n) is 3.44. The maximum atomic E-state index is 13.4. The average molecular weight is 262 g/mol. The van der Waals surface area contributed by atoms with E-state index >= 15 is 0 Å². The molecule has 0 aliphatic rings. The van der Waals surface area contributed by atoms with Gasteiger partial charge in [-0.15, -0.1) is 0 Å². The van der Waals surface area contributed by atoms with Gasteiger partial charge in [0.05, 0.1) is 19.2 Å². The summed E-state index contributed by atoms with van der Waals surface area (Å²) in [5.41, 5.74) is 4.35. The SMILES string of the molecule is CCOC(=O)Cc1c(C(F)F)ncc(F)c1CN. The minimum atomic E-state index is -2.90. The molecular weight excluding hydrogens is 249 g/mol. The quantitative estimate of drug-likeness (QED) is 0.820. The molecule has 1 rings (SSSR count). The molecule has 1 heterocycles. The number of halogens is 3. The Morgan fingerprint density at radius 1 is 1.50 bits per heavy atom. The molecule has 4 nitrogen and oxygen atoms in total. The van der Waals surface area contributed by atoms with Crippen LogP contribution < -0.4 is 5.73 Å². The lowest BCUT2D eigenvalue weighted by molar-refractivity contribution is -0.142. The van der Waals surface area contributed by atoms with Gasteiger partial charge in [0.15, 0.2) is 0 Å². The Morgan fingerprint density at radius 2 is 2.17 bits per heavy atom. The largest absolute Gasteiger partial charge is 0.466 e. The van der Waals surface area contributed by atoms with E-state index in [1.165, 1.54) is 0 Å². The van der Waals surface area contributed by atoms with Crippen molar-refractivity contribution in [2.24, 2.45) is 5.73 Å². The van der Waals surface area contributed by atoms with Crippen LogP contribution in [-0.4, -0.2) is 17.6 Å². The van der Waals surface area contributed by atoms with E-state index in [2.05, 4.69) is 9.72 Å². The van der Waals surface area contributed by atoms with Gasteiger partial charge in [-0.2, -0.15) is 0 Å². The van der Waals surface area contributed by atoms with Crippen molar-refractivity contribution in [3.8, 4) is 0 Å².